The van der Waals surface area contributed by atoms with Gasteiger partial charge in [-0.3, -0.25) is 14.9 Å². The van der Waals surface area contributed by atoms with Crippen LogP contribution in [0.5, 0.6) is 5.75 Å². The van der Waals surface area contributed by atoms with E-state index in [1.54, 1.807) is 18.2 Å². The van der Waals surface area contributed by atoms with Gasteiger partial charge in [-0.1, -0.05) is 39.1 Å². The molecule has 120 valence electrons. The molecule has 0 aromatic heterocycles. The van der Waals surface area contributed by atoms with E-state index in [4.69, 9.17) is 27.9 Å². The van der Waals surface area contributed by atoms with Crippen LogP contribution in [0, 0.1) is 10.1 Å². The summed E-state index contributed by atoms with van der Waals surface area (Å²) in [5, 5.41) is 13.6. The molecule has 9 heteroatoms. The lowest BCUT2D eigenvalue weighted by Crippen LogP contribution is -2.20. The molecule has 1 amide bonds. The number of nitro groups is 1. The summed E-state index contributed by atoms with van der Waals surface area (Å²) in [5.41, 5.74) is 0.0960. The first kappa shape index (κ1) is 17.5. The molecule has 0 aliphatic rings. The molecule has 0 aliphatic heterocycles. The molecule has 0 bridgehead atoms. The number of hydrogen-bond acceptors (Lipinski definition) is 4. The van der Waals surface area contributed by atoms with Crippen LogP contribution in [0.25, 0.3) is 0 Å². The molecule has 0 spiro atoms. The number of nitro benzene ring substituents is 1. The molecule has 2 rings (SSSR count). The van der Waals surface area contributed by atoms with Crippen LogP contribution in [0.2, 0.25) is 10.0 Å². The Balaban J connectivity index is 1.98. The van der Waals surface area contributed by atoms with E-state index in [9.17, 15) is 14.9 Å². The van der Waals surface area contributed by atoms with Crippen molar-refractivity contribution in [1.82, 2.24) is 0 Å². The van der Waals surface area contributed by atoms with Gasteiger partial charge >= 0.3 is 0 Å². The van der Waals surface area contributed by atoms with Crippen molar-refractivity contribution in [2.75, 3.05) is 11.9 Å². The average Bonchev–Trinajstić information content (AvgIpc) is 2.48. The van der Waals surface area contributed by atoms with Crippen molar-refractivity contribution in [3.63, 3.8) is 0 Å². The fourth-order valence-corrected chi connectivity index (χ4v) is 2.59. The highest BCUT2D eigenvalue weighted by Gasteiger charge is 2.12. The maximum atomic E-state index is 11.9. The maximum absolute atomic E-state index is 11.9. The van der Waals surface area contributed by atoms with Gasteiger partial charge in [0.2, 0.25) is 0 Å². The zero-order valence-corrected chi connectivity index (χ0v) is 14.5. The quantitative estimate of drug-likeness (QED) is 0.563. The van der Waals surface area contributed by atoms with E-state index in [0.29, 0.717) is 10.8 Å². The first-order valence-electron chi connectivity index (χ1n) is 6.18. The van der Waals surface area contributed by atoms with Gasteiger partial charge in [-0.05, 0) is 24.3 Å². The topological polar surface area (TPSA) is 81.5 Å². The van der Waals surface area contributed by atoms with Crippen molar-refractivity contribution in [2.24, 2.45) is 0 Å². The molecular formula is C14H9BrCl2N2O4. The highest BCUT2D eigenvalue weighted by atomic mass is 79.9. The first-order chi connectivity index (χ1) is 10.9. The Kier molecular flexibility index (Phi) is 5.81. The van der Waals surface area contributed by atoms with Crippen molar-refractivity contribution in [1.29, 1.82) is 0 Å². The number of amides is 1. The van der Waals surface area contributed by atoms with Crippen molar-refractivity contribution in [3.05, 3.63) is 61.0 Å². The fraction of sp³-hybridized carbons (Fsp3) is 0.0714. The van der Waals surface area contributed by atoms with Crippen molar-refractivity contribution >= 4 is 56.4 Å². The number of ether oxygens (including phenoxy) is 1. The van der Waals surface area contributed by atoms with E-state index in [1.807, 2.05) is 0 Å². The van der Waals surface area contributed by atoms with Crippen molar-refractivity contribution in [3.8, 4) is 5.75 Å². The summed E-state index contributed by atoms with van der Waals surface area (Å²) >= 11 is 15.1. The number of halogens is 3. The summed E-state index contributed by atoms with van der Waals surface area (Å²) in [6, 6.07) is 8.75. The summed E-state index contributed by atoms with van der Waals surface area (Å²) in [4.78, 5) is 21.9. The summed E-state index contributed by atoms with van der Waals surface area (Å²) in [5.74, 6) is -0.112. The number of carbonyl (C=O) groups excluding carboxylic acids is 1. The van der Waals surface area contributed by atoms with Gasteiger partial charge in [-0.25, -0.2) is 0 Å². The van der Waals surface area contributed by atoms with Gasteiger partial charge in [0.25, 0.3) is 11.6 Å². The maximum Gasteiger partial charge on any atom is 0.271 e. The highest BCUT2D eigenvalue weighted by molar-refractivity contribution is 9.10. The number of rotatable bonds is 5. The summed E-state index contributed by atoms with van der Waals surface area (Å²) in [6.07, 6.45) is 0. The second-order valence-electron chi connectivity index (χ2n) is 4.33. The molecule has 0 atom stereocenters. The van der Waals surface area contributed by atoms with E-state index in [2.05, 4.69) is 21.2 Å². The van der Waals surface area contributed by atoms with Crippen LogP contribution in [0.3, 0.4) is 0 Å². The molecule has 0 aliphatic carbocycles. The standard InChI is InChI=1S/C14H9BrCl2N2O4/c15-8-1-4-13(11(17)5-8)23-7-14(20)18-12-3-2-9(19(21)22)6-10(12)16/h1-6H,7H2,(H,18,20). The SMILES string of the molecule is O=C(COc1ccc(Br)cc1Cl)Nc1ccc([N+](=O)[O-])cc1Cl. The Labute approximate surface area is 149 Å². The smallest absolute Gasteiger partial charge is 0.271 e. The lowest BCUT2D eigenvalue weighted by Gasteiger charge is -2.10. The van der Waals surface area contributed by atoms with E-state index in [1.165, 1.54) is 12.1 Å². The molecule has 2 aromatic carbocycles. The molecular weight excluding hydrogens is 411 g/mol. The normalized spacial score (nSPS) is 10.2. The average molecular weight is 420 g/mol. The Bertz CT molecular complexity index is 770. The molecule has 0 saturated carbocycles. The van der Waals surface area contributed by atoms with Crippen LogP contribution in [0.15, 0.2) is 40.9 Å². The van der Waals surface area contributed by atoms with E-state index >= 15 is 0 Å². The molecule has 6 nitrogen and oxygen atoms in total. The summed E-state index contributed by atoms with van der Waals surface area (Å²) < 4.78 is 6.10. The Morgan fingerprint density at radius 3 is 2.57 bits per heavy atom. The monoisotopic (exact) mass is 418 g/mol. The Morgan fingerprint density at radius 2 is 1.96 bits per heavy atom. The zero-order valence-electron chi connectivity index (χ0n) is 11.4. The summed E-state index contributed by atoms with van der Waals surface area (Å²) in [6.45, 7) is -0.283. The predicted octanol–water partition coefficient (Wildman–Crippen LogP) is 4.68. The van der Waals surface area contributed by atoms with Gasteiger partial charge in [-0.2, -0.15) is 0 Å². The molecule has 2 aromatic rings. The number of non-ortho nitro benzene ring substituents is 1. The zero-order chi connectivity index (χ0) is 17.0. The molecule has 23 heavy (non-hydrogen) atoms. The number of hydrogen-bond donors (Lipinski definition) is 1. The fourth-order valence-electron chi connectivity index (χ4n) is 1.64. The lowest BCUT2D eigenvalue weighted by atomic mass is 10.3. The number of nitrogens with one attached hydrogen (secondary N) is 1. The van der Waals surface area contributed by atoms with Crippen LogP contribution in [-0.2, 0) is 4.79 Å². The molecule has 1 N–H and O–H groups in total. The molecule has 0 radical (unpaired) electrons. The number of anilines is 1. The third kappa shape index (κ3) is 4.82. The molecule has 0 heterocycles. The predicted molar refractivity (Wildman–Crippen MR) is 91.4 cm³/mol. The number of carbonyl (C=O) groups is 1. The molecule has 0 unspecified atom stereocenters. The van der Waals surface area contributed by atoms with Crippen LogP contribution in [0.1, 0.15) is 0 Å². The second kappa shape index (κ2) is 7.63. The third-order valence-electron chi connectivity index (χ3n) is 2.69. The van der Waals surface area contributed by atoms with Gasteiger partial charge in [-0.15, -0.1) is 0 Å². The largest absolute Gasteiger partial charge is 0.482 e. The highest BCUT2D eigenvalue weighted by Crippen LogP contribution is 2.28. The van der Waals surface area contributed by atoms with E-state index in [-0.39, 0.29) is 23.0 Å². The van der Waals surface area contributed by atoms with Crippen molar-refractivity contribution in [2.45, 2.75) is 0 Å². The van der Waals surface area contributed by atoms with Gasteiger partial charge in [0, 0.05) is 16.6 Å². The van der Waals surface area contributed by atoms with Crippen LogP contribution in [0.4, 0.5) is 11.4 Å². The van der Waals surface area contributed by atoms with E-state index < -0.39 is 10.8 Å². The third-order valence-corrected chi connectivity index (χ3v) is 3.79. The Hall–Kier alpha value is -1.83. The van der Waals surface area contributed by atoms with Gasteiger partial charge < -0.3 is 10.1 Å². The minimum absolute atomic E-state index is 0.0641. The van der Waals surface area contributed by atoms with Gasteiger partial charge in [0.15, 0.2) is 6.61 Å². The Morgan fingerprint density at radius 1 is 1.22 bits per heavy atom. The molecule has 0 fully saturated rings. The summed E-state index contributed by atoms with van der Waals surface area (Å²) in [7, 11) is 0. The minimum atomic E-state index is -0.573. The first-order valence-corrected chi connectivity index (χ1v) is 7.73. The van der Waals surface area contributed by atoms with Crippen LogP contribution < -0.4 is 10.1 Å². The molecule has 0 saturated heterocycles. The van der Waals surface area contributed by atoms with Gasteiger partial charge in [0.1, 0.15) is 5.75 Å². The number of benzene rings is 2. The second-order valence-corrected chi connectivity index (χ2v) is 6.06. The van der Waals surface area contributed by atoms with Crippen molar-refractivity contribution < 1.29 is 14.5 Å². The number of nitrogens with zero attached hydrogens (tertiary/aromatic N) is 1. The van der Waals surface area contributed by atoms with Crippen LogP contribution >= 0.6 is 39.1 Å². The lowest BCUT2D eigenvalue weighted by molar-refractivity contribution is -0.384. The van der Waals surface area contributed by atoms with E-state index in [0.717, 1.165) is 10.5 Å². The minimum Gasteiger partial charge on any atom is -0.482 e. The van der Waals surface area contributed by atoms with Crippen LogP contribution in [-0.4, -0.2) is 17.4 Å². The van der Waals surface area contributed by atoms with Gasteiger partial charge in [0.05, 0.1) is 20.7 Å².